The number of allylic oxidation sites excluding steroid dienone is 2. The highest BCUT2D eigenvalue weighted by Gasteiger charge is 2.45. The van der Waals surface area contributed by atoms with Gasteiger partial charge in [-0.2, -0.15) is 11.8 Å². The molecule has 4 rings (SSSR count). The fraction of sp³-hybridized carbons (Fsp3) is 0.452. The van der Waals surface area contributed by atoms with Crippen LogP contribution in [0, 0.1) is 5.92 Å². The Kier molecular flexibility index (Phi) is 10.4. The average Bonchev–Trinajstić information content (AvgIpc) is 2.96. The number of rotatable bonds is 11. The van der Waals surface area contributed by atoms with Crippen molar-refractivity contribution in [2.45, 2.75) is 45.4 Å². The van der Waals surface area contributed by atoms with Gasteiger partial charge in [0.15, 0.2) is 28.8 Å². The molecule has 0 saturated carbocycles. The number of halogens is 1. The number of hydrogen-bond donors (Lipinski definition) is 1. The molecule has 3 atom stereocenters. The third kappa shape index (κ3) is 6.59. The normalized spacial score (nSPS) is 20.3. The van der Waals surface area contributed by atoms with Crippen LogP contribution >= 0.6 is 27.7 Å². The molecule has 0 amide bonds. The lowest BCUT2D eigenvalue weighted by Gasteiger charge is -2.36. The molecule has 10 heteroatoms. The van der Waals surface area contributed by atoms with Gasteiger partial charge in [0.2, 0.25) is 0 Å². The number of phenolic OH excluding ortho intramolecular Hbond substituents is 1. The third-order valence-electron chi connectivity index (χ3n) is 7.41. The molecular formula is C31H36BrNO7S. The van der Waals surface area contributed by atoms with Crippen molar-refractivity contribution in [2.24, 2.45) is 10.9 Å². The van der Waals surface area contributed by atoms with Gasteiger partial charge < -0.3 is 24.1 Å². The van der Waals surface area contributed by atoms with Gasteiger partial charge in [-0.15, -0.1) is 0 Å². The second-order valence-electron chi connectivity index (χ2n) is 9.86. The van der Waals surface area contributed by atoms with Crippen LogP contribution < -0.4 is 14.2 Å². The number of aliphatic imine (C=N–C) groups is 1. The van der Waals surface area contributed by atoms with E-state index in [4.69, 9.17) is 23.9 Å². The quantitative estimate of drug-likeness (QED) is 0.220. The Morgan fingerprint density at radius 3 is 2.49 bits per heavy atom. The lowest BCUT2D eigenvalue weighted by molar-refractivity contribution is -0.145. The summed E-state index contributed by atoms with van der Waals surface area (Å²) in [6, 6.07) is 9.14. The Bertz CT molecular complexity index is 1370. The maximum atomic E-state index is 14.0. The number of thioether (sulfide) groups is 1. The Hall–Kier alpha value is -2.98. The average molecular weight is 647 g/mol. The van der Waals surface area contributed by atoms with Gasteiger partial charge in [-0.3, -0.25) is 14.6 Å². The number of carbonyl (C=O) groups is 2. The van der Waals surface area contributed by atoms with E-state index in [1.54, 1.807) is 38.1 Å². The number of ketones is 1. The fourth-order valence-corrected chi connectivity index (χ4v) is 6.49. The van der Waals surface area contributed by atoms with E-state index in [-0.39, 0.29) is 36.2 Å². The summed E-state index contributed by atoms with van der Waals surface area (Å²) in [5, 5.41) is 10.6. The summed E-state index contributed by atoms with van der Waals surface area (Å²) in [5.41, 5.74) is 3.38. The summed E-state index contributed by atoms with van der Waals surface area (Å²) in [6.45, 7) is 6.31. The van der Waals surface area contributed by atoms with Crippen LogP contribution in [0.1, 0.15) is 56.6 Å². The van der Waals surface area contributed by atoms with E-state index in [0.29, 0.717) is 57.3 Å². The van der Waals surface area contributed by atoms with Gasteiger partial charge >= 0.3 is 5.97 Å². The van der Waals surface area contributed by atoms with Gasteiger partial charge in [-0.05, 0) is 83.3 Å². The Balaban J connectivity index is 1.78. The topological polar surface area (TPSA) is 104 Å². The van der Waals surface area contributed by atoms with E-state index in [0.717, 1.165) is 11.3 Å². The molecule has 0 radical (unpaired) electrons. The van der Waals surface area contributed by atoms with Crippen molar-refractivity contribution < 1.29 is 33.6 Å². The first kappa shape index (κ1) is 31.0. The summed E-state index contributed by atoms with van der Waals surface area (Å²) in [4.78, 5) is 32.4. The van der Waals surface area contributed by atoms with E-state index in [9.17, 15) is 14.7 Å². The number of aromatic hydroxyl groups is 1. The van der Waals surface area contributed by atoms with Gasteiger partial charge in [0.25, 0.3) is 0 Å². The molecule has 0 spiro atoms. The molecule has 41 heavy (non-hydrogen) atoms. The third-order valence-corrected chi connectivity index (χ3v) is 8.88. The molecule has 1 aliphatic carbocycles. The van der Waals surface area contributed by atoms with Crippen LogP contribution in [0.15, 0.2) is 51.1 Å². The minimum absolute atomic E-state index is 0.0368. The molecule has 0 fully saturated rings. The summed E-state index contributed by atoms with van der Waals surface area (Å²) in [5.74, 6) is 1.04. The summed E-state index contributed by atoms with van der Waals surface area (Å²) in [7, 11) is 3.17. The van der Waals surface area contributed by atoms with E-state index < -0.39 is 17.8 Å². The van der Waals surface area contributed by atoms with Gasteiger partial charge in [0.05, 0.1) is 25.3 Å². The molecule has 0 saturated heterocycles. The lowest BCUT2D eigenvalue weighted by atomic mass is 9.69. The number of phenols is 1. The zero-order valence-corrected chi connectivity index (χ0v) is 26.4. The molecule has 0 bridgehead atoms. The first-order chi connectivity index (χ1) is 19.7. The Labute approximate surface area is 253 Å². The second-order valence-corrected chi connectivity index (χ2v) is 12.1. The monoisotopic (exact) mass is 645 g/mol. The van der Waals surface area contributed by atoms with Crippen molar-refractivity contribution in [3.63, 3.8) is 0 Å². The summed E-state index contributed by atoms with van der Waals surface area (Å²) < 4.78 is 22.7. The molecule has 3 unspecified atom stereocenters. The molecule has 1 N–H and O–H groups in total. The Morgan fingerprint density at radius 1 is 1.07 bits per heavy atom. The van der Waals surface area contributed by atoms with Crippen molar-refractivity contribution in [1.82, 2.24) is 0 Å². The second kappa shape index (κ2) is 13.8. The highest BCUT2D eigenvalue weighted by Crippen LogP contribution is 2.49. The summed E-state index contributed by atoms with van der Waals surface area (Å²) in [6.07, 6.45) is 0.780. The predicted molar refractivity (Wildman–Crippen MR) is 164 cm³/mol. The predicted octanol–water partition coefficient (Wildman–Crippen LogP) is 6.44. The molecule has 1 aliphatic heterocycles. The number of hydrogen-bond acceptors (Lipinski definition) is 9. The van der Waals surface area contributed by atoms with Gasteiger partial charge in [-0.1, -0.05) is 13.0 Å². The summed E-state index contributed by atoms with van der Waals surface area (Å²) >= 11 is 5.12. The largest absolute Gasteiger partial charge is 0.503 e. The maximum Gasteiger partial charge on any atom is 0.315 e. The number of esters is 1. The van der Waals surface area contributed by atoms with E-state index >= 15 is 0 Å². The van der Waals surface area contributed by atoms with Crippen molar-refractivity contribution in [3.8, 4) is 23.0 Å². The fourth-order valence-electron chi connectivity index (χ4n) is 5.54. The van der Waals surface area contributed by atoms with E-state index in [1.807, 2.05) is 32.0 Å². The number of nitrogens with zero attached hydrogens (tertiary/aromatic N) is 1. The van der Waals surface area contributed by atoms with Crippen LogP contribution in [0.4, 0.5) is 0 Å². The first-order valence-electron chi connectivity index (χ1n) is 13.7. The number of carbonyl (C=O) groups excluding carboxylic acids is 2. The van der Waals surface area contributed by atoms with Gasteiger partial charge in [0.1, 0.15) is 12.5 Å². The SMILES string of the molecule is CCOc1cc(C2C3=C(CC(c4ccc(OC)c(OC)c4)CC3=O)N=C(C)C2C(=O)OCCSCC)cc(Br)c1O. The van der Waals surface area contributed by atoms with Crippen LogP contribution in [0.5, 0.6) is 23.0 Å². The molecule has 8 nitrogen and oxygen atoms in total. The molecule has 1 heterocycles. The van der Waals surface area contributed by atoms with E-state index in [2.05, 4.69) is 22.9 Å². The number of Topliss-reactive ketones (excluding diaryl/α,β-unsaturated/α-hetero) is 1. The van der Waals surface area contributed by atoms with Crippen molar-refractivity contribution in [2.75, 3.05) is 38.9 Å². The molecule has 2 aromatic rings. The van der Waals surface area contributed by atoms with Crippen LogP contribution in [0.3, 0.4) is 0 Å². The van der Waals surface area contributed by atoms with Crippen LogP contribution in [-0.2, 0) is 14.3 Å². The Morgan fingerprint density at radius 2 is 1.80 bits per heavy atom. The zero-order valence-electron chi connectivity index (χ0n) is 24.0. The molecule has 0 aromatic heterocycles. The standard InChI is InChI=1S/C31H36BrNO7S/c1-6-39-26-16-20(12-21(32)30(26)35)28-27(31(36)40-10-11-41-7-2)17(3)33-22-13-19(14-23(34)29(22)28)18-8-9-24(37-4)25(15-18)38-5/h8-9,12,15-16,19,27-28,35H,6-7,10-11,13-14H2,1-5H3. The van der Waals surface area contributed by atoms with Crippen LogP contribution in [0.2, 0.25) is 0 Å². The van der Waals surface area contributed by atoms with Crippen LogP contribution in [0.25, 0.3) is 0 Å². The van der Waals surface area contributed by atoms with Crippen molar-refractivity contribution >= 4 is 45.2 Å². The van der Waals surface area contributed by atoms with Crippen molar-refractivity contribution in [1.29, 1.82) is 0 Å². The van der Waals surface area contributed by atoms with Crippen molar-refractivity contribution in [3.05, 3.63) is 57.2 Å². The van der Waals surface area contributed by atoms with Gasteiger partial charge in [-0.25, -0.2) is 0 Å². The smallest absolute Gasteiger partial charge is 0.315 e. The zero-order chi connectivity index (χ0) is 29.7. The number of ether oxygens (including phenoxy) is 4. The number of methoxy groups -OCH3 is 2. The molecule has 2 aliphatic rings. The molecule has 220 valence electrons. The van der Waals surface area contributed by atoms with Crippen LogP contribution in [-0.4, -0.2) is 61.5 Å². The maximum absolute atomic E-state index is 14.0. The molecule has 2 aromatic carbocycles. The number of benzene rings is 2. The minimum Gasteiger partial charge on any atom is -0.503 e. The lowest BCUT2D eigenvalue weighted by Crippen LogP contribution is -2.38. The first-order valence-corrected chi connectivity index (χ1v) is 15.6. The van der Waals surface area contributed by atoms with E-state index in [1.165, 1.54) is 0 Å². The van der Waals surface area contributed by atoms with Gasteiger partial charge in [0, 0.05) is 35.1 Å². The minimum atomic E-state index is -0.784. The molecular weight excluding hydrogens is 610 g/mol. The highest BCUT2D eigenvalue weighted by molar-refractivity contribution is 9.10. The highest BCUT2D eigenvalue weighted by atomic mass is 79.9.